The summed E-state index contributed by atoms with van der Waals surface area (Å²) in [5.74, 6) is 0.0940. The third-order valence-electron chi connectivity index (χ3n) is 2.84. The Hall–Kier alpha value is -0.610. The van der Waals surface area contributed by atoms with Gasteiger partial charge in [0.1, 0.15) is 6.04 Å². The van der Waals surface area contributed by atoms with Crippen molar-refractivity contribution in [2.75, 3.05) is 26.3 Å². The number of hydrogen-bond donors (Lipinski definition) is 1. The first-order valence-corrected chi connectivity index (χ1v) is 6.09. The molecule has 1 rings (SSSR count). The Morgan fingerprint density at radius 1 is 1.50 bits per heavy atom. The van der Waals surface area contributed by atoms with E-state index in [9.17, 15) is 4.79 Å². The number of ether oxygens (including phenoxy) is 1. The highest BCUT2D eigenvalue weighted by Gasteiger charge is 2.35. The monoisotopic (exact) mass is 228 g/mol. The van der Waals surface area contributed by atoms with E-state index in [0.717, 1.165) is 26.1 Å². The number of amides is 1. The van der Waals surface area contributed by atoms with Crippen molar-refractivity contribution in [1.82, 2.24) is 10.2 Å². The van der Waals surface area contributed by atoms with Crippen LogP contribution in [0.5, 0.6) is 0 Å². The first-order chi connectivity index (χ1) is 7.46. The number of nitrogens with one attached hydrogen (secondary N) is 1. The zero-order chi connectivity index (χ0) is 12.2. The fraction of sp³-hybridized carbons (Fsp3) is 0.917. The van der Waals surface area contributed by atoms with Crippen molar-refractivity contribution < 1.29 is 9.53 Å². The van der Waals surface area contributed by atoms with E-state index in [1.807, 2.05) is 0 Å². The molecule has 1 aliphatic rings. The predicted molar refractivity (Wildman–Crippen MR) is 64.4 cm³/mol. The van der Waals surface area contributed by atoms with Gasteiger partial charge in [-0.1, -0.05) is 6.92 Å². The van der Waals surface area contributed by atoms with Crippen molar-refractivity contribution in [3.05, 3.63) is 0 Å². The Morgan fingerprint density at radius 3 is 2.75 bits per heavy atom. The van der Waals surface area contributed by atoms with Crippen LogP contribution in [0.2, 0.25) is 0 Å². The lowest BCUT2D eigenvalue weighted by molar-refractivity contribution is -0.137. The second kappa shape index (κ2) is 5.64. The Labute approximate surface area is 98.3 Å². The van der Waals surface area contributed by atoms with Crippen LogP contribution in [0.4, 0.5) is 0 Å². The summed E-state index contributed by atoms with van der Waals surface area (Å²) in [6.07, 6.45) is 0.967. The van der Waals surface area contributed by atoms with Crippen LogP contribution in [-0.4, -0.2) is 48.7 Å². The van der Waals surface area contributed by atoms with E-state index in [4.69, 9.17) is 4.74 Å². The molecule has 1 aliphatic heterocycles. The van der Waals surface area contributed by atoms with Gasteiger partial charge in [-0.2, -0.15) is 0 Å². The Kier molecular flexibility index (Phi) is 4.74. The van der Waals surface area contributed by atoms with Crippen LogP contribution in [0.1, 0.15) is 34.1 Å². The van der Waals surface area contributed by atoms with Gasteiger partial charge in [0.15, 0.2) is 0 Å². The molecule has 1 heterocycles. The van der Waals surface area contributed by atoms with E-state index in [-0.39, 0.29) is 17.5 Å². The SMILES string of the molecule is CCCNC(=O)C1COCCN1C(C)(C)C. The lowest BCUT2D eigenvalue weighted by Gasteiger charge is -2.43. The second-order valence-electron chi connectivity index (χ2n) is 5.25. The molecule has 1 saturated heterocycles. The quantitative estimate of drug-likeness (QED) is 0.784. The smallest absolute Gasteiger partial charge is 0.239 e. The van der Waals surface area contributed by atoms with Gasteiger partial charge in [-0.3, -0.25) is 9.69 Å². The molecule has 0 spiro atoms. The van der Waals surface area contributed by atoms with Gasteiger partial charge in [-0.25, -0.2) is 0 Å². The number of carbonyl (C=O) groups is 1. The van der Waals surface area contributed by atoms with E-state index in [1.165, 1.54) is 0 Å². The molecule has 0 aliphatic carbocycles. The molecular formula is C12H24N2O2. The number of morpholine rings is 1. The summed E-state index contributed by atoms with van der Waals surface area (Å²) in [6.45, 7) is 11.3. The number of carbonyl (C=O) groups excluding carboxylic acids is 1. The maximum absolute atomic E-state index is 12.0. The lowest BCUT2D eigenvalue weighted by Crippen LogP contribution is -2.60. The fourth-order valence-electron chi connectivity index (χ4n) is 1.99. The van der Waals surface area contributed by atoms with Gasteiger partial charge in [-0.05, 0) is 27.2 Å². The standard InChI is InChI=1S/C12H24N2O2/c1-5-6-13-11(15)10-9-16-8-7-14(10)12(2,3)4/h10H,5-9H2,1-4H3,(H,13,15). The molecule has 4 nitrogen and oxygen atoms in total. The second-order valence-corrected chi connectivity index (χ2v) is 5.25. The normalized spacial score (nSPS) is 23.1. The lowest BCUT2D eigenvalue weighted by atomic mass is 10.0. The molecule has 0 saturated carbocycles. The predicted octanol–water partition coefficient (Wildman–Crippen LogP) is 1.01. The van der Waals surface area contributed by atoms with E-state index in [0.29, 0.717) is 6.61 Å². The molecule has 1 amide bonds. The highest BCUT2D eigenvalue weighted by atomic mass is 16.5. The van der Waals surface area contributed by atoms with Crippen LogP contribution >= 0.6 is 0 Å². The number of nitrogens with zero attached hydrogens (tertiary/aromatic N) is 1. The van der Waals surface area contributed by atoms with E-state index in [1.54, 1.807) is 0 Å². The van der Waals surface area contributed by atoms with Crippen LogP contribution < -0.4 is 5.32 Å². The van der Waals surface area contributed by atoms with Crippen molar-refractivity contribution in [2.45, 2.75) is 45.7 Å². The summed E-state index contributed by atoms with van der Waals surface area (Å²) >= 11 is 0. The van der Waals surface area contributed by atoms with Crippen LogP contribution in [0, 0.1) is 0 Å². The van der Waals surface area contributed by atoms with Gasteiger partial charge in [0.2, 0.25) is 5.91 Å². The topological polar surface area (TPSA) is 41.6 Å². The maximum Gasteiger partial charge on any atom is 0.239 e. The van der Waals surface area contributed by atoms with Crippen molar-refractivity contribution in [1.29, 1.82) is 0 Å². The Morgan fingerprint density at radius 2 is 2.19 bits per heavy atom. The van der Waals surface area contributed by atoms with Crippen LogP contribution in [0.15, 0.2) is 0 Å². The summed E-state index contributed by atoms with van der Waals surface area (Å²) in [5, 5.41) is 2.94. The summed E-state index contributed by atoms with van der Waals surface area (Å²) in [4.78, 5) is 14.2. The molecule has 0 aromatic carbocycles. The van der Waals surface area contributed by atoms with Gasteiger partial charge in [0.25, 0.3) is 0 Å². The van der Waals surface area contributed by atoms with Gasteiger partial charge in [0.05, 0.1) is 13.2 Å². The van der Waals surface area contributed by atoms with Crippen molar-refractivity contribution in [3.8, 4) is 0 Å². The minimum Gasteiger partial charge on any atom is -0.378 e. The average Bonchev–Trinajstić information content (AvgIpc) is 2.24. The molecule has 1 N–H and O–H groups in total. The van der Waals surface area contributed by atoms with Crippen LogP contribution in [-0.2, 0) is 9.53 Å². The zero-order valence-corrected chi connectivity index (χ0v) is 10.9. The molecule has 94 valence electrons. The average molecular weight is 228 g/mol. The third-order valence-corrected chi connectivity index (χ3v) is 2.84. The van der Waals surface area contributed by atoms with Gasteiger partial charge < -0.3 is 10.1 Å². The summed E-state index contributed by atoms with van der Waals surface area (Å²) in [5.41, 5.74) is 0.0119. The number of hydrogen-bond acceptors (Lipinski definition) is 3. The highest BCUT2D eigenvalue weighted by Crippen LogP contribution is 2.19. The number of rotatable bonds is 3. The van der Waals surface area contributed by atoms with Crippen LogP contribution in [0.25, 0.3) is 0 Å². The van der Waals surface area contributed by atoms with E-state index in [2.05, 4.69) is 37.9 Å². The first kappa shape index (κ1) is 13.5. The molecule has 0 bridgehead atoms. The summed E-state index contributed by atoms with van der Waals surface area (Å²) < 4.78 is 5.41. The molecule has 16 heavy (non-hydrogen) atoms. The molecule has 4 heteroatoms. The Balaban J connectivity index is 2.63. The highest BCUT2D eigenvalue weighted by molar-refractivity contribution is 5.82. The van der Waals surface area contributed by atoms with Gasteiger partial charge in [0, 0.05) is 18.6 Å². The minimum absolute atomic E-state index is 0.0119. The zero-order valence-electron chi connectivity index (χ0n) is 10.9. The van der Waals surface area contributed by atoms with Crippen molar-refractivity contribution in [3.63, 3.8) is 0 Å². The van der Waals surface area contributed by atoms with Gasteiger partial charge >= 0.3 is 0 Å². The molecular weight excluding hydrogens is 204 g/mol. The molecule has 1 unspecified atom stereocenters. The largest absolute Gasteiger partial charge is 0.378 e. The Bertz CT molecular complexity index is 236. The van der Waals surface area contributed by atoms with Crippen molar-refractivity contribution in [2.24, 2.45) is 0 Å². The van der Waals surface area contributed by atoms with Crippen LogP contribution in [0.3, 0.4) is 0 Å². The fourth-order valence-corrected chi connectivity index (χ4v) is 1.99. The first-order valence-electron chi connectivity index (χ1n) is 6.09. The summed E-state index contributed by atoms with van der Waals surface area (Å²) in [6, 6.07) is -0.139. The van der Waals surface area contributed by atoms with E-state index < -0.39 is 0 Å². The third kappa shape index (κ3) is 3.46. The maximum atomic E-state index is 12.0. The minimum atomic E-state index is -0.139. The molecule has 0 aromatic rings. The van der Waals surface area contributed by atoms with Crippen molar-refractivity contribution >= 4 is 5.91 Å². The molecule has 1 fully saturated rings. The molecule has 0 aromatic heterocycles. The molecule has 0 radical (unpaired) electrons. The summed E-state index contributed by atoms with van der Waals surface area (Å²) in [7, 11) is 0. The van der Waals surface area contributed by atoms with E-state index >= 15 is 0 Å². The van der Waals surface area contributed by atoms with Gasteiger partial charge in [-0.15, -0.1) is 0 Å². The molecule has 1 atom stereocenters.